The number of allylic oxidation sites excluding steroid dienone is 5. The van der Waals surface area contributed by atoms with Crippen molar-refractivity contribution in [2.45, 2.75) is 18.8 Å². The van der Waals surface area contributed by atoms with Gasteiger partial charge >= 0.3 is 0 Å². The number of fused-ring (bicyclic) bond motifs is 5. The van der Waals surface area contributed by atoms with Crippen molar-refractivity contribution in [1.29, 1.82) is 0 Å². The number of Topliss-reactive ketones (excluding diaryl/α,β-unsaturated/α-hetero) is 1. The van der Waals surface area contributed by atoms with E-state index in [1.54, 1.807) is 12.1 Å². The highest BCUT2D eigenvalue weighted by Crippen LogP contribution is 2.36. The predicted molar refractivity (Wildman–Crippen MR) is 143 cm³/mol. The Hall–Kier alpha value is -3.50. The fourth-order valence-corrected chi connectivity index (χ4v) is 6.10. The van der Waals surface area contributed by atoms with Crippen LogP contribution in [0.15, 0.2) is 95.3 Å². The van der Waals surface area contributed by atoms with Crippen LogP contribution < -0.4 is 15.8 Å². The molecule has 0 bridgehead atoms. The molecule has 2 unspecified atom stereocenters. The van der Waals surface area contributed by atoms with E-state index < -0.39 is 0 Å². The summed E-state index contributed by atoms with van der Waals surface area (Å²) in [7, 11) is 0. The lowest BCUT2D eigenvalue weighted by Gasteiger charge is -2.30. The molecule has 6 rings (SSSR count). The molecule has 1 heterocycles. The molecule has 0 amide bonds. The van der Waals surface area contributed by atoms with Gasteiger partial charge in [0.15, 0.2) is 5.78 Å². The molecule has 0 aromatic heterocycles. The lowest BCUT2D eigenvalue weighted by atomic mass is 9.75. The molecule has 3 aliphatic rings. The van der Waals surface area contributed by atoms with Crippen molar-refractivity contribution >= 4 is 33.9 Å². The lowest BCUT2D eigenvalue weighted by molar-refractivity contribution is 0.0943. The van der Waals surface area contributed by atoms with E-state index in [9.17, 15) is 9.18 Å². The molecular weight excluding hydrogens is 501 g/mol. The summed E-state index contributed by atoms with van der Waals surface area (Å²) < 4.78 is 14.6. The number of nitrogens with one attached hydrogen (secondary N) is 1. The van der Waals surface area contributed by atoms with E-state index in [2.05, 4.69) is 69.8 Å². The molecule has 0 spiro atoms. The number of benzene rings is 3. The third kappa shape index (κ3) is 3.92. The Labute approximate surface area is 212 Å². The van der Waals surface area contributed by atoms with E-state index in [-0.39, 0.29) is 23.4 Å². The summed E-state index contributed by atoms with van der Waals surface area (Å²) in [6, 6.07) is 16.7. The number of halogens is 2. The number of carbonyl (C=O) groups is 1. The first-order chi connectivity index (χ1) is 17.1. The SMILES string of the molecule is O=C(c1ccc(F)cc1)C1C=c2c(ccc3c2=CCc2cccc(Br)c2-3)C(C2=CC=CC=CN2)C1. The third-order valence-corrected chi connectivity index (χ3v) is 7.80. The quantitative estimate of drug-likeness (QED) is 0.432. The average Bonchev–Trinajstić information content (AvgIpc) is 3.17. The minimum absolute atomic E-state index is 0.0240. The number of carbonyl (C=O) groups excluding carboxylic acids is 1. The second-order valence-corrected chi connectivity index (χ2v) is 10.0. The van der Waals surface area contributed by atoms with E-state index in [0.29, 0.717) is 12.0 Å². The second kappa shape index (κ2) is 8.94. The molecule has 35 heavy (non-hydrogen) atoms. The average molecular weight is 524 g/mol. The molecule has 172 valence electrons. The van der Waals surface area contributed by atoms with Gasteiger partial charge in [-0.1, -0.05) is 64.5 Å². The van der Waals surface area contributed by atoms with Crippen LogP contribution in [0.5, 0.6) is 0 Å². The van der Waals surface area contributed by atoms with Crippen molar-refractivity contribution in [2.75, 3.05) is 0 Å². The molecule has 2 atom stereocenters. The highest BCUT2D eigenvalue weighted by atomic mass is 79.9. The van der Waals surface area contributed by atoms with Gasteiger partial charge in [0.25, 0.3) is 0 Å². The first-order valence-corrected chi connectivity index (χ1v) is 12.6. The third-order valence-electron chi connectivity index (χ3n) is 7.13. The monoisotopic (exact) mass is 523 g/mol. The van der Waals surface area contributed by atoms with E-state index in [0.717, 1.165) is 21.8 Å². The smallest absolute Gasteiger partial charge is 0.169 e. The molecule has 4 heteroatoms. The molecule has 3 aromatic rings. The summed E-state index contributed by atoms with van der Waals surface area (Å²) in [5.41, 5.74) is 6.54. The molecular formula is C31H23BrFNO. The summed E-state index contributed by atoms with van der Waals surface area (Å²) in [6.45, 7) is 0. The van der Waals surface area contributed by atoms with Gasteiger partial charge in [0.2, 0.25) is 0 Å². The highest BCUT2D eigenvalue weighted by molar-refractivity contribution is 9.10. The fourth-order valence-electron chi connectivity index (χ4n) is 5.48. The maximum Gasteiger partial charge on any atom is 0.169 e. The molecule has 3 aromatic carbocycles. The van der Waals surface area contributed by atoms with Gasteiger partial charge in [0.1, 0.15) is 5.82 Å². The van der Waals surface area contributed by atoms with E-state index >= 15 is 0 Å². The van der Waals surface area contributed by atoms with Gasteiger partial charge in [-0.3, -0.25) is 4.79 Å². The Morgan fingerprint density at radius 3 is 2.69 bits per heavy atom. The van der Waals surface area contributed by atoms with Crippen molar-refractivity contribution in [1.82, 2.24) is 5.32 Å². The molecule has 0 saturated heterocycles. The fraction of sp³-hybridized carbons (Fsp3) is 0.129. The first kappa shape index (κ1) is 22.0. The van der Waals surface area contributed by atoms with Crippen LogP contribution in [0.1, 0.15) is 33.8 Å². The standard InChI is InChI=1S/C31H23BrFNO/c32-28-6-4-5-19-10-13-23-25(30(19)28)15-14-24-26(23)17-21(31(35)20-8-11-22(33)12-9-20)18-27(24)29-7-2-1-3-16-34-29/h1-9,11-17,21,27,34H,10,18H2. The summed E-state index contributed by atoms with van der Waals surface area (Å²) in [5.74, 6) is -0.582. The van der Waals surface area contributed by atoms with Crippen LogP contribution >= 0.6 is 15.9 Å². The number of hydrogen-bond donors (Lipinski definition) is 1. The van der Waals surface area contributed by atoms with Crippen LogP contribution in [0.4, 0.5) is 4.39 Å². The highest BCUT2D eigenvalue weighted by Gasteiger charge is 2.31. The van der Waals surface area contributed by atoms with Crippen LogP contribution in [0.2, 0.25) is 0 Å². The van der Waals surface area contributed by atoms with Gasteiger partial charge in [-0.15, -0.1) is 0 Å². The molecule has 2 nitrogen and oxygen atoms in total. The molecule has 0 radical (unpaired) electrons. The minimum Gasteiger partial charge on any atom is -0.364 e. The van der Waals surface area contributed by atoms with Crippen molar-refractivity contribution in [3.8, 4) is 11.1 Å². The zero-order valence-corrected chi connectivity index (χ0v) is 20.6. The molecule has 2 aliphatic carbocycles. The van der Waals surface area contributed by atoms with Crippen LogP contribution in [0.3, 0.4) is 0 Å². The van der Waals surface area contributed by atoms with E-state index in [1.165, 1.54) is 39.6 Å². The Morgan fingerprint density at radius 2 is 1.83 bits per heavy atom. The van der Waals surface area contributed by atoms with E-state index in [4.69, 9.17) is 0 Å². The van der Waals surface area contributed by atoms with Crippen LogP contribution in [0, 0.1) is 11.7 Å². The normalized spacial score (nSPS) is 19.7. The minimum atomic E-state index is -0.336. The number of hydrogen-bond acceptors (Lipinski definition) is 2. The van der Waals surface area contributed by atoms with Crippen molar-refractivity contribution in [3.05, 3.63) is 128 Å². The van der Waals surface area contributed by atoms with Gasteiger partial charge < -0.3 is 5.32 Å². The number of rotatable bonds is 3. The van der Waals surface area contributed by atoms with Crippen molar-refractivity contribution in [2.24, 2.45) is 5.92 Å². The van der Waals surface area contributed by atoms with Crippen molar-refractivity contribution in [3.63, 3.8) is 0 Å². The van der Waals surface area contributed by atoms with Gasteiger partial charge in [0, 0.05) is 33.8 Å². The zero-order chi connectivity index (χ0) is 23.9. The van der Waals surface area contributed by atoms with Gasteiger partial charge in [-0.25, -0.2) is 4.39 Å². The van der Waals surface area contributed by atoms with Crippen LogP contribution in [-0.2, 0) is 6.42 Å². The maximum atomic E-state index is 13.6. The Balaban J connectivity index is 1.55. The van der Waals surface area contributed by atoms with E-state index in [1.807, 2.05) is 24.4 Å². The Morgan fingerprint density at radius 1 is 0.971 bits per heavy atom. The van der Waals surface area contributed by atoms with Gasteiger partial charge in [-0.05, 0) is 88.0 Å². The molecule has 1 N–H and O–H groups in total. The Kier molecular flexibility index (Phi) is 5.62. The van der Waals surface area contributed by atoms with Gasteiger partial charge in [-0.2, -0.15) is 0 Å². The maximum absolute atomic E-state index is 13.6. The molecule has 0 fully saturated rings. The molecule has 1 aliphatic heterocycles. The lowest BCUT2D eigenvalue weighted by Crippen LogP contribution is -2.40. The van der Waals surface area contributed by atoms with Crippen LogP contribution in [0.25, 0.3) is 23.3 Å². The summed E-state index contributed by atoms with van der Waals surface area (Å²) in [4.78, 5) is 13.6. The molecule has 0 saturated carbocycles. The largest absolute Gasteiger partial charge is 0.364 e. The summed E-state index contributed by atoms with van der Waals surface area (Å²) in [6.07, 6.45) is 15.9. The van der Waals surface area contributed by atoms with Crippen molar-refractivity contribution < 1.29 is 9.18 Å². The zero-order valence-electron chi connectivity index (χ0n) is 19.0. The number of ketones is 1. The van der Waals surface area contributed by atoms with Crippen LogP contribution in [-0.4, -0.2) is 5.78 Å². The second-order valence-electron chi connectivity index (χ2n) is 9.15. The summed E-state index contributed by atoms with van der Waals surface area (Å²) >= 11 is 3.76. The predicted octanol–water partition coefficient (Wildman–Crippen LogP) is 5.92. The summed E-state index contributed by atoms with van der Waals surface area (Å²) in [5, 5.41) is 5.74. The first-order valence-electron chi connectivity index (χ1n) is 11.8. The Bertz CT molecular complexity index is 1560. The van der Waals surface area contributed by atoms with Gasteiger partial charge in [0.05, 0.1) is 0 Å². The topological polar surface area (TPSA) is 29.1 Å².